The van der Waals surface area contributed by atoms with Gasteiger partial charge in [0.05, 0.1) is 33.0 Å². The molecule has 2 N–H and O–H groups in total. The Hall–Kier alpha value is -3.69. The molecule has 38 heavy (non-hydrogen) atoms. The Morgan fingerprint density at radius 3 is 1.84 bits per heavy atom. The largest absolute Gasteiger partial charge is 0.497 e. The summed E-state index contributed by atoms with van der Waals surface area (Å²) >= 11 is 0. The molecule has 3 aromatic carbocycles. The number of methoxy groups -OCH3 is 2. The first kappa shape index (κ1) is 27.3. The van der Waals surface area contributed by atoms with Crippen molar-refractivity contribution < 1.29 is 38.7 Å². The van der Waals surface area contributed by atoms with Crippen molar-refractivity contribution in [2.75, 3.05) is 20.8 Å². The summed E-state index contributed by atoms with van der Waals surface area (Å²) < 4.78 is 27.8. The summed E-state index contributed by atoms with van der Waals surface area (Å²) in [5.74, 6) is 0.921. The van der Waals surface area contributed by atoms with Crippen LogP contribution in [0.2, 0.25) is 0 Å². The van der Waals surface area contributed by atoms with E-state index < -0.39 is 30.4 Å². The Morgan fingerprint density at radius 1 is 0.737 bits per heavy atom. The van der Waals surface area contributed by atoms with Crippen molar-refractivity contribution in [3.8, 4) is 11.5 Å². The number of hydrogen-bond donors (Lipinski definition) is 2. The quantitative estimate of drug-likeness (QED) is 0.292. The van der Waals surface area contributed by atoms with Crippen LogP contribution >= 0.6 is 0 Å². The van der Waals surface area contributed by atoms with E-state index in [1.54, 1.807) is 50.6 Å². The molecular formula is C30H32O8. The molecule has 0 bridgehead atoms. The van der Waals surface area contributed by atoms with E-state index in [-0.39, 0.29) is 19.8 Å². The maximum Gasteiger partial charge on any atom is 0.338 e. The number of benzene rings is 3. The lowest BCUT2D eigenvalue weighted by atomic mass is 9.89. The molecule has 0 spiro atoms. The van der Waals surface area contributed by atoms with Crippen LogP contribution in [0.25, 0.3) is 0 Å². The van der Waals surface area contributed by atoms with Gasteiger partial charge in [-0.3, -0.25) is 0 Å². The molecule has 0 unspecified atom stereocenters. The Balaban J connectivity index is 1.47. The van der Waals surface area contributed by atoms with Gasteiger partial charge in [-0.05, 0) is 59.2 Å². The first-order valence-electron chi connectivity index (χ1n) is 12.3. The molecule has 1 aliphatic carbocycles. The zero-order valence-corrected chi connectivity index (χ0v) is 21.4. The Bertz CT molecular complexity index is 1190. The van der Waals surface area contributed by atoms with Crippen molar-refractivity contribution >= 4 is 5.97 Å². The van der Waals surface area contributed by atoms with E-state index in [0.29, 0.717) is 16.9 Å². The lowest BCUT2D eigenvalue weighted by Gasteiger charge is -2.37. The molecule has 0 radical (unpaired) electrons. The summed E-state index contributed by atoms with van der Waals surface area (Å²) in [7, 11) is 3.18. The molecule has 0 saturated heterocycles. The van der Waals surface area contributed by atoms with Crippen molar-refractivity contribution in [2.45, 2.75) is 37.6 Å². The van der Waals surface area contributed by atoms with E-state index in [1.165, 1.54) is 0 Å². The molecule has 8 heteroatoms. The smallest absolute Gasteiger partial charge is 0.338 e. The first-order valence-corrected chi connectivity index (χ1v) is 12.3. The van der Waals surface area contributed by atoms with Crippen molar-refractivity contribution in [1.82, 2.24) is 0 Å². The third-order valence-corrected chi connectivity index (χ3v) is 6.33. The maximum absolute atomic E-state index is 12.5. The second-order valence-corrected chi connectivity index (χ2v) is 8.87. The van der Waals surface area contributed by atoms with E-state index in [9.17, 15) is 15.0 Å². The van der Waals surface area contributed by atoms with Gasteiger partial charge < -0.3 is 33.9 Å². The van der Waals surface area contributed by atoms with Crippen LogP contribution in [-0.4, -0.2) is 61.4 Å². The van der Waals surface area contributed by atoms with Gasteiger partial charge in [0.2, 0.25) is 0 Å². The molecular weight excluding hydrogens is 488 g/mol. The monoisotopic (exact) mass is 520 g/mol. The molecule has 1 aliphatic rings. The molecule has 0 amide bonds. The second-order valence-electron chi connectivity index (χ2n) is 8.87. The normalized spacial score (nSPS) is 20.9. The van der Waals surface area contributed by atoms with Gasteiger partial charge in [0.15, 0.2) is 0 Å². The average Bonchev–Trinajstić information content (AvgIpc) is 2.97. The summed E-state index contributed by atoms with van der Waals surface area (Å²) in [6.07, 6.45) is -2.56. The number of carbonyl (C=O) groups excluding carboxylic acids is 1. The average molecular weight is 521 g/mol. The molecule has 0 saturated carbocycles. The summed E-state index contributed by atoms with van der Waals surface area (Å²) in [6.45, 7) is 0.179. The summed E-state index contributed by atoms with van der Waals surface area (Å²) in [5, 5.41) is 22.2. The van der Waals surface area contributed by atoms with Crippen LogP contribution in [0, 0.1) is 0 Å². The zero-order chi connectivity index (χ0) is 26.9. The minimum absolute atomic E-state index is 0.144. The van der Waals surface area contributed by atoms with E-state index in [1.807, 2.05) is 48.5 Å². The predicted molar refractivity (Wildman–Crippen MR) is 140 cm³/mol. The fourth-order valence-corrected chi connectivity index (χ4v) is 4.10. The van der Waals surface area contributed by atoms with Crippen molar-refractivity contribution in [2.24, 2.45) is 0 Å². The highest BCUT2D eigenvalue weighted by Gasteiger charge is 2.40. The molecule has 0 aromatic heterocycles. The van der Waals surface area contributed by atoms with Gasteiger partial charge in [0, 0.05) is 0 Å². The highest BCUT2D eigenvalue weighted by Crippen LogP contribution is 2.27. The molecule has 0 fully saturated rings. The molecule has 3 aromatic rings. The number of aliphatic hydroxyl groups excluding tert-OH is 2. The van der Waals surface area contributed by atoms with Gasteiger partial charge in [-0.15, -0.1) is 0 Å². The molecule has 8 nitrogen and oxygen atoms in total. The number of rotatable bonds is 11. The third kappa shape index (κ3) is 6.99. The fourth-order valence-electron chi connectivity index (χ4n) is 4.10. The molecule has 4 rings (SSSR count). The van der Waals surface area contributed by atoms with Crippen LogP contribution < -0.4 is 9.47 Å². The van der Waals surface area contributed by atoms with Gasteiger partial charge in [-0.2, -0.15) is 0 Å². The van der Waals surface area contributed by atoms with E-state index in [4.69, 9.17) is 23.7 Å². The van der Waals surface area contributed by atoms with Crippen LogP contribution in [0.4, 0.5) is 0 Å². The predicted octanol–water partition coefficient (Wildman–Crippen LogP) is 3.69. The number of carbonyl (C=O) groups is 1. The molecule has 0 aliphatic heterocycles. The second kappa shape index (κ2) is 13.2. The van der Waals surface area contributed by atoms with Gasteiger partial charge >= 0.3 is 5.97 Å². The van der Waals surface area contributed by atoms with E-state index >= 15 is 0 Å². The highest BCUT2D eigenvalue weighted by molar-refractivity contribution is 5.89. The topological polar surface area (TPSA) is 104 Å². The Labute approximate surface area is 222 Å². The van der Waals surface area contributed by atoms with Crippen LogP contribution in [0.3, 0.4) is 0 Å². The Kier molecular flexibility index (Phi) is 9.51. The lowest BCUT2D eigenvalue weighted by molar-refractivity contribution is -0.145. The Morgan fingerprint density at radius 2 is 1.29 bits per heavy atom. The van der Waals surface area contributed by atoms with E-state index in [0.717, 1.165) is 16.9 Å². The van der Waals surface area contributed by atoms with Crippen LogP contribution in [-0.2, 0) is 27.4 Å². The van der Waals surface area contributed by atoms with Gasteiger partial charge in [0.25, 0.3) is 0 Å². The standard InChI is InChI=1S/C30H32O8/c1-34-24-12-8-20(9-13-24)17-36-26-16-23(19-38-30(33)22-6-4-3-5-7-22)27(31)29(28(26)32)37-18-21-10-14-25(35-2)15-11-21/h3-16,26-29,31-32H,17-19H2,1-2H3/t26-,27-,28+,29+/m1/s1. The number of aliphatic hydroxyl groups is 2. The lowest BCUT2D eigenvalue weighted by Crippen LogP contribution is -2.51. The minimum atomic E-state index is -1.20. The summed E-state index contributed by atoms with van der Waals surface area (Å²) in [6, 6.07) is 23.3. The van der Waals surface area contributed by atoms with Gasteiger partial charge in [-0.25, -0.2) is 4.79 Å². The SMILES string of the molecule is COc1ccc(CO[C@@H]2[C@@H](O)[C@H](OCc3ccc(OC)cc3)C=C(COC(=O)c3ccccc3)[C@H]2O)cc1. The van der Waals surface area contributed by atoms with Gasteiger partial charge in [0.1, 0.15) is 42.5 Å². The number of ether oxygens (including phenoxy) is 5. The van der Waals surface area contributed by atoms with Crippen LogP contribution in [0.5, 0.6) is 11.5 Å². The first-order chi connectivity index (χ1) is 18.5. The number of hydrogen-bond acceptors (Lipinski definition) is 8. The maximum atomic E-state index is 12.5. The third-order valence-electron chi connectivity index (χ3n) is 6.33. The molecule has 4 atom stereocenters. The molecule has 200 valence electrons. The highest BCUT2D eigenvalue weighted by atomic mass is 16.5. The minimum Gasteiger partial charge on any atom is -0.497 e. The number of esters is 1. The molecule has 0 heterocycles. The zero-order valence-electron chi connectivity index (χ0n) is 21.4. The summed E-state index contributed by atoms with van der Waals surface area (Å²) in [4.78, 5) is 12.5. The van der Waals surface area contributed by atoms with Crippen molar-refractivity contribution in [1.29, 1.82) is 0 Å². The fraction of sp³-hybridized carbons (Fsp3) is 0.300. The van der Waals surface area contributed by atoms with Gasteiger partial charge in [-0.1, -0.05) is 42.5 Å². The van der Waals surface area contributed by atoms with E-state index in [2.05, 4.69) is 0 Å². The van der Waals surface area contributed by atoms with Crippen LogP contribution in [0.15, 0.2) is 90.5 Å². The van der Waals surface area contributed by atoms with Crippen molar-refractivity contribution in [3.05, 3.63) is 107 Å². The summed E-state index contributed by atoms with van der Waals surface area (Å²) in [5.41, 5.74) is 2.51. The van der Waals surface area contributed by atoms with Crippen LogP contribution in [0.1, 0.15) is 21.5 Å². The van der Waals surface area contributed by atoms with Crippen molar-refractivity contribution in [3.63, 3.8) is 0 Å².